The molecule has 0 aromatic carbocycles. The van der Waals surface area contributed by atoms with Crippen molar-refractivity contribution in [2.75, 3.05) is 52.9 Å². The number of aliphatic imine (C=N–C) groups is 1. The Hall–Kier alpha value is -0.570. The molecule has 0 amide bonds. The first-order valence-corrected chi connectivity index (χ1v) is 9.88. The number of nitrogens with one attached hydrogen (secondary N) is 1. The summed E-state index contributed by atoms with van der Waals surface area (Å²) in [5.41, 5.74) is 0. The van der Waals surface area contributed by atoms with Crippen LogP contribution in [-0.2, 0) is 9.53 Å². The predicted molar refractivity (Wildman–Crippen MR) is 117 cm³/mol. The van der Waals surface area contributed by atoms with Crippen LogP contribution in [0.4, 0.5) is 0 Å². The molecule has 3 unspecified atom stereocenters. The molecule has 2 fully saturated rings. The second-order valence-corrected chi connectivity index (χ2v) is 7.65. The topological polar surface area (TPSA) is 57.2 Å². The molecule has 0 radical (unpaired) electrons. The molecule has 26 heavy (non-hydrogen) atoms. The molecule has 0 bridgehead atoms. The van der Waals surface area contributed by atoms with Gasteiger partial charge in [0.05, 0.1) is 13.0 Å². The van der Waals surface area contributed by atoms with E-state index in [-0.39, 0.29) is 35.9 Å². The van der Waals surface area contributed by atoms with Gasteiger partial charge in [-0.05, 0) is 51.1 Å². The number of carbonyl (C=O) groups is 1. The Labute approximate surface area is 176 Å². The van der Waals surface area contributed by atoms with E-state index < -0.39 is 0 Å². The molecule has 0 aliphatic carbocycles. The van der Waals surface area contributed by atoms with Crippen LogP contribution in [0.1, 0.15) is 40.0 Å². The molecule has 3 atom stereocenters. The predicted octanol–water partition coefficient (Wildman–Crippen LogP) is 2.43. The highest BCUT2D eigenvalue weighted by Crippen LogP contribution is 2.24. The Morgan fingerprint density at radius 1 is 1.27 bits per heavy atom. The number of esters is 1. The van der Waals surface area contributed by atoms with E-state index in [0.717, 1.165) is 44.5 Å². The number of piperidine rings is 1. The molecule has 0 spiro atoms. The maximum atomic E-state index is 11.9. The second kappa shape index (κ2) is 12.0. The Balaban J connectivity index is 0.00000338. The van der Waals surface area contributed by atoms with Crippen molar-refractivity contribution in [1.82, 2.24) is 15.1 Å². The van der Waals surface area contributed by atoms with E-state index >= 15 is 0 Å². The largest absolute Gasteiger partial charge is 0.469 e. The number of hydrogen-bond donors (Lipinski definition) is 1. The lowest BCUT2D eigenvalue weighted by Crippen LogP contribution is -2.41. The number of likely N-dealkylation sites (tertiary alicyclic amines) is 2. The van der Waals surface area contributed by atoms with Crippen LogP contribution in [-0.4, -0.2) is 74.7 Å². The summed E-state index contributed by atoms with van der Waals surface area (Å²) in [5.74, 6) is 1.91. The maximum Gasteiger partial charge on any atom is 0.310 e. The first-order valence-electron chi connectivity index (χ1n) is 9.88. The van der Waals surface area contributed by atoms with Gasteiger partial charge in [-0.25, -0.2) is 0 Å². The average Bonchev–Trinajstić information content (AvgIpc) is 2.98. The number of guanidine groups is 1. The van der Waals surface area contributed by atoms with Crippen molar-refractivity contribution in [3.8, 4) is 0 Å². The number of ether oxygens (including phenoxy) is 1. The molecule has 0 aromatic rings. The minimum Gasteiger partial charge on any atom is -0.469 e. The van der Waals surface area contributed by atoms with Crippen LogP contribution >= 0.6 is 24.0 Å². The van der Waals surface area contributed by atoms with Gasteiger partial charge in [0.2, 0.25) is 0 Å². The Morgan fingerprint density at radius 2 is 2.04 bits per heavy atom. The van der Waals surface area contributed by atoms with Crippen LogP contribution in [0.15, 0.2) is 4.99 Å². The number of hydrogen-bond acceptors (Lipinski definition) is 4. The normalized spacial score (nSPS) is 27.2. The number of carbonyl (C=O) groups excluding carboxylic acids is 1. The number of methoxy groups -OCH3 is 1. The first-order chi connectivity index (χ1) is 12.0. The third-order valence-electron chi connectivity index (χ3n) is 5.39. The van der Waals surface area contributed by atoms with E-state index in [0.29, 0.717) is 12.5 Å². The summed E-state index contributed by atoms with van der Waals surface area (Å²) in [6, 6.07) is 0. The number of halogens is 1. The van der Waals surface area contributed by atoms with Crippen LogP contribution in [0.3, 0.4) is 0 Å². The molecular weight excluding hydrogens is 443 g/mol. The van der Waals surface area contributed by atoms with Crippen molar-refractivity contribution >= 4 is 35.9 Å². The molecule has 1 N–H and O–H groups in total. The molecule has 2 aliphatic heterocycles. The third kappa shape index (κ3) is 6.87. The lowest BCUT2D eigenvalue weighted by molar-refractivity contribution is -0.145. The second-order valence-electron chi connectivity index (χ2n) is 7.65. The standard InChI is InChI=1S/C19H36N4O2.HI/c1-5-20-19(23-13-16(3)17(14-23)18(24)25-4)21-9-7-11-22-10-6-8-15(2)12-22;/h15-17H,5-14H2,1-4H3,(H,20,21);1H. The van der Waals surface area contributed by atoms with Crippen molar-refractivity contribution in [1.29, 1.82) is 0 Å². The summed E-state index contributed by atoms with van der Waals surface area (Å²) in [7, 11) is 1.47. The first kappa shape index (κ1) is 23.5. The van der Waals surface area contributed by atoms with Gasteiger partial charge >= 0.3 is 5.97 Å². The van der Waals surface area contributed by atoms with Crippen molar-refractivity contribution < 1.29 is 9.53 Å². The number of nitrogens with zero attached hydrogens (tertiary/aromatic N) is 3. The zero-order valence-electron chi connectivity index (χ0n) is 16.9. The monoisotopic (exact) mass is 480 g/mol. The Morgan fingerprint density at radius 3 is 2.69 bits per heavy atom. The summed E-state index contributed by atoms with van der Waals surface area (Å²) in [6.07, 6.45) is 3.78. The van der Waals surface area contributed by atoms with E-state index in [2.05, 4.69) is 35.9 Å². The van der Waals surface area contributed by atoms with E-state index in [1.807, 2.05) is 0 Å². The van der Waals surface area contributed by atoms with Crippen LogP contribution in [0, 0.1) is 17.8 Å². The molecule has 0 saturated carbocycles. The highest BCUT2D eigenvalue weighted by molar-refractivity contribution is 14.0. The van der Waals surface area contributed by atoms with Gasteiger partial charge in [-0.15, -0.1) is 24.0 Å². The minimum atomic E-state index is -0.106. The van der Waals surface area contributed by atoms with Gasteiger partial charge < -0.3 is 19.9 Å². The van der Waals surface area contributed by atoms with Crippen molar-refractivity contribution in [3.63, 3.8) is 0 Å². The van der Waals surface area contributed by atoms with Gasteiger partial charge in [-0.1, -0.05) is 13.8 Å². The van der Waals surface area contributed by atoms with Gasteiger partial charge in [0.15, 0.2) is 5.96 Å². The van der Waals surface area contributed by atoms with E-state index in [1.54, 1.807) is 0 Å². The molecule has 2 rings (SSSR count). The summed E-state index contributed by atoms with van der Waals surface area (Å²) < 4.78 is 4.94. The quantitative estimate of drug-likeness (QED) is 0.208. The van der Waals surface area contributed by atoms with E-state index in [9.17, 15) is 4.79 Å². The fourth-order valence-corrected chi connectivity index (χ4v) is 3.99. The third-order valence-corrected chi connectivity index (χ3v) is 5.39. The summed E-state index contributed by atoms with van der Waals surface area (Å²) in [6.45, 7) is 13.4. The highest BCUT2D eigenvalue weighted by atomic mass is 127. The van der Waals surface area contributed by atoms with Crippen molar-refractivity contribution in [2.45, 2.75) is 40.0 Å². The summed E-state index contributed by atoms with van der Waals surface area (Å²) in [4.78, 5) is 21.5. The highest BCUT2D eigenvalue weighted by Gasteiger charge is 2.36. The van der Waals surface area contributed by atoms with Gasteiger partial charge in [0, 0.05) is 32.7 Å². The van der Waals surface area contributed by atoms with Gasteiger partial charge in [0.1, 0.15) is 0 Å². The van der Waals surface area contributed by atoms with Crippen molar-refractivity contribution in [3.05, 3.63) is 0 Å². The summed E-state index contributed by atoms with van der Waals surface area (Å²) in [5, 5.41) is 3.38. The lowest BCUT2D eigenvalue weighted by atomic mass is 9.99. The number of rotatable bonds is 6. The zero-order chi connectivity index (χ0) is 18.2. The molecule has 2 saturated heterocycles. The molecule has 152 valence electrons. The Kier molecular flexibility index (Phi) is 10.8. The molecular formula is C19H37IN4O2. The maximum absolute atomic E-state index is 11.9. The van der Waals surface area contributed by atoms with E-state index in [1.165, 1.54) is 33.0 Å². The van der Waals surface area contributed by atoms with Crippen LogP contribution in [0.25, 0.3) is 0 Å². The SMILES string of the molecule is CCNC(=NCCCN1CCCC(C)C1)N1CC(C)C(C(=O)OC)C1.I. The lowest BCUT2D eigenvalue weighted by Gasteiger charge is -2.30. The zero-order valence-corrected chi connectivity index (χ0v) is 19.2. The minimum absolute atomic E-state index is 0. The fraction of sp³-hybridized carbons (Fsp3) is 0.895. The molecule has 0 aromatic heterocycles. The van der Waals surface area contributed by atoms with Crippen LogP contribution in [0.2, 0.25) is 0 Å². The molecule has 2 heterocycles. The van der Waals surface area contributed by atoms with Crippen molar-refractivity contribution in [2.24, 2.45) is 22.7 Å². The molecule has 2 aliphatic rings. The average molecular weight is 480 g/mol. The molecule has 7 heteroatoms. The fourth-order valence-electron chi connectivity index (χ4n) is 3.99. The van der Waals surface area contributed by atoms with E-state index in [4.69, 9.17) is 9.73 Å². The molecule has 6 nitrogen and oxygen atoms in total. The Bertz CT molecular complexity index is 461. The van der Waals surface area contributed by atoms with Gasteiger partial charge in [-0.2, -0.15) is 0 Å². The summed E-state index contributed by atoms with van der Waals surface area (Å²) >= 11 is 0. The van der Waals surface area contributed by atoms with Crippen LogP contribution < -0.4 is 5.32 Å². The smallest absolute Gasteiger partial charge is 0.310 e. The van der Waals surface area contributed by atoms with Crippen LogP contribution in [0.5, 0.6) is 0 Å². The van der Waals surface area contributed by atoms with Gasteiger partial charge in [-0.3, -0.25) is 9.79 Å². The van der Waals surface area contributed by atoms with Gasteiger partial charge in [0.25, 0.3) is 0 Å².